The Kier molecular flexibility index (Phi) is 4.16. The van der Waals surface area contributed by atoms with Crippen molar-refractivity contribution < 1.29 is 8.42 Å². The van der Waals surface area contributed by atoms with E-state index in [4.69, 9.17) is 0 Å². The number of hydrogen-bond acceptors (Lipinski definition) is 3. The summed E-state index contributed by atoms with van der Waals surface area (Å²) in [6.07, 6.45) is 0. The van der Waals surface area contributed by atoms with Gasteiger partial charge in [0, 0.05) is 0 Å². The maximum absolute atomic E-state index is 13.8. The number of aryl methyl sites for hydroxylation is 1. The van der Waals surface area contributed by atoms with Gasteiger partial charge < -0.3 is 0 Å². The van der Waals surface area contributed by atoms with Gasteiger partial charge in [-0.15, -0.1) is 0 Å². The first-order valence-electron chi connectivity index (χ1n) is 9.04. The fourth-order valence-electron chi connectivity index (χ4n) is 3.63. The summed E-state index contributed by atoms with van der Waals surface area (Å²) in [5.74, 6) is 0. The molecule has 0 spiro atoms. The Labute approximate surface area is 170 Å². The summed E-state index contributed by atoms with van der Waals surface area (Å²) in [6, 6.07) is 23.7. The maximum atomic E-state index is 13.8. The van der Waals surface area contributed by atoms with Crippen molar-refractivity contribution in [1.82, 2.24) is 9.55 Å². The Morgan fingerprint density at radius 2 is 1.68 bits per heavy atom. The van der Waals surface area contributed by atoms with Crippen LogP contribution in [-0.4, -0.2) is 32.9 Å². The van der Waals surface area contributed by atoms with Gasteiger partial charge in [-0.2, -0.15) is 0 Å². The van der Waals surface area contributed by atoms with Crippen LogP contribution in [-0.2, 0) is 16.4 Å². The molecule has 1 atom stereocenters. The zero-order valence-electron chi connectivity index (χ0n) is 15.2. The summed E-state index contributed by atoms with van der Waals surface area (Å²) < 4.78 is 29.9. The zero-order valence-corrected chi connectivity index (χ0v) is 17.8. The number of hydrogen-bond donors (Lipinski definition) is 0. The summed E-state index contributed by atoms with van der Waals surface area (Å²) in [7, 11) is -3.62. The average Bonchev–Trinajstić information content (AvgIpc) is 3.04. The van der Waals surface area contributed by atoms with Crippen LogP contribution in [0.3, 0.4) is 0 Å². The number of aromatic nitrogens is 2. The van der Waals surface area contributed by atoms with Gasteiger partial charge in [0.1, 0.15) is 0 Å². The van der Waals surface area contributed by atoms with Crippen LogP contribution >= 0.6 is 0 Å². The zero-order chi connectivity index (χ0) is 19.3. The van der Waals surface area contributed by atoms with Crippen LogP contribution in [0.25, 0.3) is 11.0 Å². The van der Waals surface area contributed by atoms with Crippen molar-refractivity contribution in [1.29, 1.82) is 0 Å². The summed E-state index contributed by atoms with van der Waals surface area (Å²) in [4.78, 5) is 4.54. The third-order valence-electron chi connectivity index (χ3n) is 5.06. The van der Waals surface area contributed by atoms with Crippen LogP contribution in [0.15, 0.2) is 78.0 Å². The molecule has 6 heteroatoms. The second-order valence-corrected chi connectivity index (χ2v) is 12.0. The van der Waals surface area contributed by atoms with Crippen molar-refractivity contribution in [3.63, 3.8) is 0 Å². The quantitative estimate of drug-likeness (QED) is 0.438. The van der Waals surface area contributed by atoms with Crippen molar-refractivity contribution in [2.75, 3.05) is 0 Å². The molecule has 0 saturated carbocycles. The first kappa shape index (κ1) is 17.7. The third-order valence-corrected chi connectivity index (χ3v) is 10.9. The molecular formula is C22H18N2O2SSe. The standard InChI is InChI=1S/C22H18N2O2SSe/c1-15-10-12-17(13-11-15)28-21-18-7-3-2-6-16(18)14-24-20-9-5-4-8-19(20)23-22(24)27(21,25)26/h2-13,21H,14H2,1H3. The van der Waals surface area contributed by atoms with Crippen LogP contribution in [0.4, 0.5) is 0 Å². The number of fused-ring (bicyclic) bond motifs is 4. The Balaban J connectivity index is 1.74. The van der Waals surface area contributed by atoms with Crippen molar-refractivity contribution in [2.24, 2.45) is 0 Å². The molecule has 5 rings (SSSR count). The summed E-state index contributed by atoms with van der Waals surface area (Å²) in [6.45, 7) is 2.56. The van der Waals surface area contributed by atoms with E-state index in [1.165, 1.54) is 5.56 Å². The number of rotatable bonds is 2. The molecule has 0 aliphatic carbocycles. The van der Waals surface area contributed by atoms with Gasteiger partial charge in [0.05, 0.1) is 0 Å². The Morgan fingerprint density at radius 3 is 2.50 bits per heavy atom. The van der Waals surface area contributed by atoms with E-state index < -0.39 is 14.0 Å². The fraction of sp³-hybridized carbons (Fsp3) is 0.136. The monoisotopic (exact) mass is 454 g/mol. The summed E-state index contributed by atoms with van der Waals surface area (Å²) in [5, 5.41) is 0.184. The summed E-state index contributed by atoms with van der Waals surface area (Å²) in [5.41, 5.74) is 4.71. The predicted molar refractivity (Wildman–Crippen MR) is 112 cm³/mol. The topological polar surface area (TPSA) is 52.0 Å². The van der Waals surface area contributed by atoms with Gasteiger partial charge in [0.25, 0.3) is 0 Å². The number of nitrogens with zero attached hydrogens (tertiary/aromatic N) is 2. The first-order chi connectivity index (χ1) is 13.5. The second kappa shape index (κ2) is 6.59. The van der Waals surface area contributed by atoms with Gasteiger partial charge in [-0.05, 0) is 0 Å². The SMILES string of the molecule is Cc1ccc([Se]C2c3ccccc3Cn3c(nc4ccccc43)S2(=O)=O)cc1. The Bertz CT molecular complexity index is 1290. The first-order valence-corrected chi connectivity index (χ1v) is 12.4. The third kappa shape index (κ3) is 2.80. The molecule has 140 valence electrons. The fourth-order valence-corrected chi connectivity index (χ4v) is 9.01. The van der Waals surface area contributed by atoms with E-state index in [1.54, 1.807) is 0 Å². The van der Waals surface area contributed by atoms with E-state index in [0.717, 1.165) is 26.6 Å². The molecular weight excluding hydrogens is 435 g/mol. The van der Waals surface area contributed by atoms with Crippen molar-refractivity contribution in [3.05, 3.63) is 89.5 Å². The molecule has 0 N–H and O–H groups in total. The Hall–Kier alpha value is -2.40. The van der Waals surface area contributed by atoms with Gasteiger partial charge >= 0.3 is 171 Å². The number of imidazole rings is 1. The molecule has 0 radical (unpaired) electrons. The average molecular weight is 453 g/mol. The van der Waals surface area contributed by atoms with E-state index >= 15 is 0 Å². The molecule has 1 aliphatic rings. The molecule has 0 fully saturated rings. The second-order valence-electron chi connectivity index (χ2n) is 6.98. The molecule has 1 aliphatic heterocycles. The van der Waals surface area contributed by atoms with Gasteiger partial charge in [-0.3, -0.25) is 0 Å². The van der Waals surface area contributed by atoms with E-state index in [1.807, 2.05) is 84.3 Å². The predicted octanol–water partition coefficient (Wildman–Crippen LogP) is 3.21. The van der Waals surface area contributed by atoms with E-state index in [9.17, 15) is 8.42 Å². The van der Waals surface area contributed by atoms with Gasteiger partial charge in [-0.1, -0.05) is 0 Å². The number of benzene rings is 3. The van der Waals surface area contributed by atoms with Crippen LogP contribution in [0, 0.1) is 6.92 Å². The number of sulfone groups is 1. The molecule has 4 nitrogen and oxygen atoms in total. The normalized spacial score (nSPS) is 17.7. The van der Waals surface area contributed by atoms with Crippen LogP contribution in [0.2, 0.25) is 0 Å². The van der Waals surface area contributed by atoms with E-state index in [2.05, 4.69) is 4.98 Å². The van der Waals surface area contributed by atoms with Crippen molar-refractivity contribution in [3.8, 4) is 0 Å². The summed E-state index contributed by atoms with van der Waals surface area (Å²) >= 11 is -0.268. The van der Waals surface area contributed by atoms with Crippen LogP contribution in [0.1, 0.15) is 20.8 Å². The number of para-hydroxylation sites is 2. The van der Waals surface area contributed by atoms with Crippen molar-refractivity contribution >= 4 is 40.3 Å². The van der Waals surface area contributed by atoms with Gasteiger partial charge in [0.2, 0.25) is 0 Å². The van der Waals surface area contributed by atoms with Crippen LogP contribution < -0.4 is 4.46 Å². The van der Waals surface area contributed by atoms with Gasteiger partial charge in [0.15, 0.2) is 0 Å². The molecule has 0 amide bonds. The van der Waals surface area contributed by atoms with Crippen molar-refractivity contribution in [2.45, 2.75) is 22.8 Å². The van der Waals surface area contributed by atoms with Crippen LogP contribution in [0.5, 0.6) is 0 Å². The minimum absolute atomic E-state index is 0.184. The molecule has 0 bridgehead atoms. The molecule has 28 heavy (non-hydrogen) atoms. The van der Waals surface area contributed by atoms with E-state index in [-0.39, 0.29) is 20.1 Å². The minimum atomic E-state index is -3.62. The van der Waals surface area contributed by atoms with Gasteiger partial charge in [-0.25, -0.2) is 0 Å². The molecule has 1 unspecified atom stereocenters. The Morgan fingerprint density at radius 1 is 0.964 bits per heavy atom. The van der Waals surface area contributed by atoms with E-state index in [0.29, 0.717) is 6.54 Å². The molecule has 0 saturated heterocycles. The molecule has 1 aromatic heterocycles. The molecule has 3 aromatic carbocycles. The molecule has 4 aromatic rings. The molecule has 2 heterocycles.